The molecule has 2 unspecified atom stereocenters. The summed E-state index contributed by atoms with van der Waals surface area (Å²) in [5, 5.41) is 34.2. The summed E-state index contributed by atoms with van der Waals surface area (Å²) >= 11 is 1.28. The van der Waals surface area contributed by atoms with Gasteiger partial charge in [0.2, 0.25) is 0 Å². The molecule has 1 aliphatic heterocycles. The van der Waals surface area contributed by atoms with Crippen molar-refractivity contribution >= 4 is 23.4 Å². The Balaban J connectivity index is 2.18. The standard InChI is InChI=1S/C15H18N4O4S/c1-23-7-3-6-17-15-12(9-16)13(20)18-14(24-15)10-4-2-5-11(8-10)19(21)22/h2,4-5,8,14,17,19,21H,3,6-7H2,1H3,(H,18,20). The molecule has 0 spiro atoms. The van der Waals surface area contributed by atoms with E-state index in [1.165, 1.54) is 23.9 Å². The van der Waals surface area contributed by atoms with E-state index in [0.717, 1.165) is 6.42 Å². The number of hydrogen-bond acceptors (Lipinski definition) is 7. The Morgan fingerprint density at radius 3 is 3.04 bits per heavy atom. The Hall–Kier alpha value is -2.09. The molecule has 0 saturated heterocycles. The van der Waals surface area contributed by atoms with Crippen LogP contribution in [0.4, 0.5) is 5.69 Å². The fourth-order valence-corrected chi connectivity index (χ4v) is 3.26. The first kappa shape index (κ1) is 18.3. The smallest absolute Gasteiger partial charge is 0.265 e. The SMILES string of the molecule is COCCCNC1=C(C#N)C(=O)NC(c2cccc([NH+]([O-])O)c2)S1. The highest BCUT2D eigenvalue weighted by Crippen LogP contribution is 2.36. The van der Waals surface area contributed by atoms with Crippen molar-refractivity contribution in [3.63, 3.8) is 0 Å². The molecule has 0 fully saturated rings. The van der Waals surface area contributed by atoms with Crippen LogP contribution in [0.5, 0.6) is 0 Å². The van der Waals surface area contributed by atoms with Crippen molar-refractivity contribution < 1.29 is 20.0 Å². The molecular formula is C15H18N4O4S. The Labute approximate surface area is 143 Å². The minimum absolute atomic E-state index is 0.0306. The lowest BCUT2D eigenvalue weighted by Crippen LogP contribution is -2.99. The van der Waals surface area contributed by atoms with Gasteiger partial charge in [0, 0.05) is 32.4 Å². The predicted octanol–water partition coefficient (Wildman–Crippen LogP) is 0.313. The van der Waals surface area contributed by atoms with Gasteiger partial charge in [0.1, 0.15) is 17.0 Å². The van der Waals surface area contributed by atoms with Crippen LogP contribution in [0, 0.1) is 16.5 Å². The quantitative estimate of drug-likeness (QED) is 0.412. The number of rotatable bonds is 7. The Bertz CT molecular complexity index is 672. The molecule has 0 aromatic heterocycles. The van der Waals surface area contributed by atoms with Gasteiger partial charge in [0.25, 0.3) is 5.91 Å². The summed E-state index contributed by atoms with van der Waals surface area (Å²) in [5.41, 5.74) is 0.830. The maximum absolute atomic E-state index is 12.1. The monoisotopic (exact) mass is 350 g/mol. The van der Waals surface area contributed by atoms with Gasteiger partial charge >= 0.3 is 0 Å². The molecule has 1 aromatic carbocycles. The lowest BCUT2D eigenvalue weighted by molar-refractivity contribution is -0.991. The van der Waals surface area contributed by atoms with Gasteiger partial charge in [0.15, 0.2) is 5.69 Å². The number of quaternary nitrogens is 1. The molecule has 128 valence electrons. The van der Waals surface area contributed by atoms with Gasteiger partial charge in [-0.15, -0.1) is 0 Å². The molecule has 0 saturated carbocycles. The fraction of sp³-hybridized carbons (Fsp3) is 0.333. The van der Waals surface area contributed by atoms with Gasteiger partial charge in [-0.25, -0.2) is 5.21 Å². The fourth-order valence-electron chi connectivity index (χ4n) is 2.14. The zero-order chi connectivity index (χ0) is 17.5. The van der Waals surface area contributed by atoms with Crippen LogP contribution in [0.2, 0.25) is 0 Å². The summed E-state index contributed by atoms with van der Waals surface area (Å²) in [7, 11) is 1.61. The molecule has 4 N–H and O–H groups in total. The number of ether oxygens (including phenoxy) is 1. The number of nitrogens with zero attached hydrogens (tertiary/aromatic N) is 1. The Morgan fingerprint density at radius 2 is 2.38 bits per heavy atom. The lowest BCUT2D eigenvalue weighted by Gasteiger charge is -2.26. The molecular weight excluding hydrogens is 332 g/mol. The topological polar surface area (TPSA) is 122 Å². The third-order valence-corrected chi connectivity index (χ3v) is 4.52. The molecule has 1 amide bonds. The minimum Gasteiger partial charge on any atom is -0.595 e. The third-order valence-electron chi connectivity index (χ3n) is 3.31. The summed E-state index contributed by atoms with van der Waals surface area (Å²) < 4.78 is 4.97. The highest BCUT2D eigenvalue weighted by atomic mass is 32.2. The molecule has 8 nitrogen and oxygen atoms in total. The van der Waals surface area contributed by atoms with Crippen LogP contribution < -0.4 is 15.9 Å². The Morgan fingerprint density at radius 1 is 1.58 bits per heavy atom. The van der Waals surface area contributed by atoms with Crippen molar-refractivity contribution in [1.82, 2.24) is 10.6 Å². The first-order valence-electron chi connectivity index (χ1n) is 7.24. The molecule has 0 bridgehead atoms. The number of nitrogens with one attached hydrogen (secondary N) is 3. The van der Waals surface area contributed by atoms with Crippen LogP contribution in [0.3, 0.4) is 0 Å². The van der Waals surface area contributed by atoms with E-state index in [2.05, 4.69) is 10.6 Å². The highest BCUT2D eigenvalue weighted by molar-refractivity contribution is 8.03. The van der Waals surface area contributed by atoms with E-state index >= 15 is 0 Å². The molecule has 2 atom stereocenters. The summed E-state index contributed by atoms with van der Waals surface area (Å²) in [6.07, 6.45) is 0.736. The average Bonchev–Trinajstić information content (AvgIpc) is 2.58. The second-order valence-electron chi connectivity index (χ2n) is 4.99. The number of hydrogen-bond donors (Lipinski definition) is 4. The molecule has 1 heterocycles. The summed E-state index contributed by atoms with van der Waals surface area (Å²) in [6, 6.07) is 8.27. The number of thioether (sulfide) groups is 1. The normalized spacial score (nSPS) is 18.8. The van der Waals surface area contributed by atoms with Crippen LogP contribution in [-0.2, 0) is 9.53 Å². The molecule has 1 aliphatic rings. The number of carbonyl (C=O) groups is 1. The predicted molar refractivity (Wildman–Crippen MR) is 87.8 cm³/mol. The van der Waals surface area contributed by atoms with Gasteiger partial charge in [0.05, 0.1) is 5.03 Å². The number of nitriles is 1. The maximum Gasteiger partial charge on any atom is 0.265 e. The van der Waals surface area contributed by atoms with E-state index in [4.69, 9.17) is 9.94 Å². The first-order chi connectivity index (χ1) is 11.6. The lowest BCUT2D eigenvalue weighted by atomic mass is 10.2. The minimum atomic E-state index is -1.03. The van der Waals surface area contributed by atoms with Gasteiger partial charge in [-0.1, -0.05) is 23.9 Å². The van der Waals surface area contributed by atoms with E-state index in [0.29, 0.717) is 23.7 Å². The number of carbonyl (C=O) groups excluding carboxylic acids is 1. The van der Waals surface area contributed by atoms with Crippen molar-refractivity contribution in [2.45, 2.75) is 11.8 Å². The molecule has 2 rings (SSSR count). The first-order valence-corrected chi connectivity index (χ1v) is 8.12. The number of benzene rings is 1. The van der Waals surface area contributed by atoms with E-state index in [1.54, 1.807) is 19.2 Å². The van der Waals surface area contributed by atoms with Gasteiger partial charge in [-0.2, -0.15) is 10.5 Å². The summed E-state index contributed by atoms with van der Waals surface area (Å²) in [4.78, 5) is 12.1. The van der Waals surface area contributed by atoms with Crippen LogP contribution in [0.1, 0.15) is 17.4 Å². The third kappa shape index (κ3) is 4.47. The Kier molecular flexibility index (Phi) is 6.60. The van der Waals surface area contributed by atoms with Crippen LogP contribution in [0.15, 0.2) is 34.9 Å². The van der Waals surface area contributed by atoms with Crippen molar-refractivity contribution in [3.8, 4) is 6.07 Å². The summed E-state index contributed by atoms with van der Waals surface area (Å²) in [6.45, 7) is 1.14. The molecule has 1 aromatic rings. The van der Waals surface area contributed by atoms with Crippen LogP contribution in [-0.4, -0.2) is 31.4 Å². The zero-order valence-corrected chi connectivity index (χ0v) is 13.9. The van der Waals surface area contributed by atoms with Gasteiger partial charge in [-0.05, 0) is 12.0 Å². The second-order valence-corrected chi connectivity index (χ2v) is 6.11. The molecule has 9 heteroatoms. The zero-order valence-electron chi connectivity index (χ0n) is 13.0. The van der Waals surface area contributed by atoms with E-state index < -0.39 is 16.5 Å². The van der Waals surface area contributed by atoms with E-state index in [1.807, 2.05) is 6.07 Å². The van der Waals surface area contributed by atoms with E-state index in [-0.39, 0.29) is 11.3 Å². The largest absolute Gasteiger partial charge is 0.595 e. The number of methoxy groups -OCH3 is 1. The van der Waals surface area contributed by atoms with Crippen LogP contribution >= 0.6 is 11.8 Å². The van der Waals surface area contributed by atoms with Gasteiger partial charge in [-0.3, -0.25) is 4.79 Å². The van der Waals surface area contributed by atoms with Crippen molar-refractivity contribution in [1.29, 1.82) is 5.26 Å². The summed E-state index contributed by atoms with van der Waals surface area (Å²) in [5.74, 6) is -0.476. The average molecular weight is 350 g/mol. The second kappa shape index (κ2) is 8.68. The van der Waals surface area contributed by atoms with E-state index in [9.17, 15) is 15.3 Å². The van der Waals surface area contributed by atoms with Crippen molar-refractivity contribution in [2.24, 2.45) is 0 Å². The van der Waals surface area contributed by atoms with Crippen molar-refractivity contribution in [2.75, 3.05) is 20.3 Å². The molecule has 0 radical (unpaired) electrons. The van der Waals surface area contributed by atoms with Gasteiger partial charge < -0.3 is 20.6 Å². The maximum atomic E-state index is 12.1. The molecule has 24 heavy (non-hydrogen) atoms. The number of amides is 1. The van der Waals surface area contributed by atoms with Crippen LogP contribution in [0.25, 0.3) is 0 Å². The van der Waals surface area contributed by atoms with Crippen molar-refractivity contribution in [3.05, 3.63) is 45.6 Å². The molecule has 0 aliphatic carbocycles. The highest BCUT2D eigenvalue weighted by Gasteiger charge is 2.29.